The second-order valence-electron chi connectivity index (χ2n) is 5.85. The molecular formula is C18H18F4N2O3S2. The van der Waals surface area contributed by atoms with Gasteiger partial charge in [-0.15, -0.1) is 0 Å². The lowest BCUT2D eigenvalue weighted by Gasteiger charge is -2.20. The number of nitrogens with one attached hydrogen (secondary N) is 1. The van der Waals surface area contributed by atoms with E-state index in [9.17, 15) is 30.8 Å². The molecule has 0 atom stereocenters. The maximum atomic E-state index is 12.9. The summed E-state index contributed by atoms with van der Waals surface area (Å²) < 4.78 is 76.3. The second-order valence-corrected chi connectivity index (χ2v) is 8.93. The van der Waals surface area contributed by atoms with Gasteiger partial charge in [0.15, 0.2) is 0 Å². The summed E-state index contributed by atoms with van der Waals surface area (Å²) in [6.45, 7) is 1.17. The molecular weight excluding hydrogens is 432 g/mol. The fraction of sp³-hybridized carbons (Fsp3) is 0.278. The van der Waals surface area contributed by atoms with E-state index in [2.05, 4.69) is 5.32 Å². The van der Waals surface area contributed by atoms with Gasteiger partial charge in [0.2, 0.25) is 15.9 Å². The highest BCUT2D eigenvalue weighted by Crippen LogP contribution is 2.37. The molecule has 29 heavy (non-hydrogen) atoms. The van der Waals surface area contributed by atoms with Crippen LogP contribution in [-0.2, 0) is 21.4 Å². The van der Waals surface area contributed by atoms with Crippen LogP contribution in [0.4, 0.5) is 17.6 Å². The number of alkyl halides is 3. The van der Waals surface area contributed by atoms with E-state index in [0.717, 1.165) is 28.6 Å². The monoisotopic (exact) mass is 450 g/mol. The van der Waals surface area contributed by atoms with Crippen LogP contribution in [0.25, 0.3) is 0 Å². The Bertz CT molecular complexity index is 931. The van der Waals surface area contributed by atoms with Crippen LogP contribution in [0, 0.1) is 5.82 Å². The Morgan fingerprint density at radius 2 is 1.66 bits per heavy atom. The van der Waals surface area contributed by atoms with Crippen LogP contribution in [0.3, 0.4) is 0 Å². The smallest absolute Gasteiger partial charge is 0.351 e. The van der Waals surface area contributed by atoms with Gasteiger partial charge < -0.3 is 5.32 Å². The molecule has 0 heterocycles. The van der Waals surface area contributed by atoms with Crippen LogP contribution in [0.2, 0.25) is 0 Å². The van der Waals surface area contributed by atoms with Gasteiger partial charge in [0.1, 0.15) is 5.82 Å². The van der Waals surface area contributed by atoms with E-state index >= 15 is 0 Å². The molecule has 0 saturated carbocycles. The average Bonchev–Trinajstić information content (AvgIpc) is 2.64. The van der Waals surface area contributed by atoms with Crippen molar-refractivity contribution in [2.45, 2.75) is 28.8 Å². The first-order chi connectivity index (χ1) is 13.5. The Morgan fingerprint density at radius 3 is 2.17 bits per heavy atom. The standard InChI is InChI=1S/C18H18F4N2O3S2/c1-2-24(12-17(25)23-11-13-3-5-14(19)6-4-13)29(26,27)16-9-7-15(8-10-16)28-18(20,21)22/h3-10H,2,11-12H2,1H3,(H,23,25). The zero-order valence-corrected chi connectivity index (χ0v) is 16.9. The third kappa shape index (κ3) is 7.02. The molecule has 1 N–H and O–H groups in total. The van der Waals surface area contributed by atoms with E-state index < -0.39 is 33.8 Å². The predicted octanol–water partition coefficient (Wildman–Crippen LogP) is 3.76. The highest BCUT2D eigenvalue weighted by atomic mass is 32.2. The van der Waals surface area contributed by atoms with E-state index in [1.165, 1.54) is 24.3 Å². The van der Waals surface area contributed by atoms with Gasteiger partial charge >= 0.3 is 5.51 Å². The van der Waals surface area contributed by atoms with Gasteiger partial charge in [-0.3, -0.25) is 4.79 Å². The van der Waals surface area contributed by atoms with Crippen LogP contribution in [0.5, 0.6) is 0 Å². The quantitative estimate of drug-likeness (QED) is 0.491. The zero-order chi connectivity index (χ0) is 21.7. The largest absolute Gasteiger partial charge is 0.446 e. The molecule has 2 aromatic rings. The van der Waals surface area contributed by atoms with E-state index in [-0.39, 0.29) is 34.6 Å². The van der Waals surface area contributed by atoms with Gasteiger partial charge in [-0.2, -0.15) is 17.5 Å². The van der Waals surface area contributed by atoms with Crippen molar-refractivity contribution in [1.82, 2.24) is 9.62 Å². The zero-order valence-electron chi connectivity index (χ0n) is 15.2. The molecule has 2 aromatic carbocycles. The van der Waals surface area contributed by atoms with Crippen molar-refractivity contribution >= 4 is 27.7 Å². The number of rotatable bonds is 8. The van der Waals surface area contributed by atoms with E-state index in [0.29, 0.717) is 5.56 Å². The summed E-state index contributed by atoms with van der Waals surface area (Å²) in [6, 6.07) is 9.73. The molecule has 1 amide bonds. The van der Waals surface area contributed by atoms with Gasteiger partial charge in [-0.25, -0.2) is 12.8 Å². The molecule has 0 bridgehead atoms. The molecule has 2 rings (SSSR count). The fourth-order valence-corrected chi connectivity index (χ4v) is 4.29. The summed E-state index contributed by atoms with van der Waals surface area (Å²) in [6.07, 6.45) is 0. The van der Waals surface area contributed by atoms with Gasteiger partial charge in [-0.05, 0) is 53.7 Å². The first kappa shape index (κ1) is 23.2. The van der Waals surface area contributed by atoms with Crippen molar-refractivity contribution in [2.24, 2.45) is 0 Å². The number of hydrogen-bond acceptors (Lipinski definition) is 4. The number of benzene rings is 2. The van der Waals surface area contributed by atoms with Crippen LogP contribution >= 0.6 is 11.8 Å². The molecule has 0 spiro atoms. The van der Waals surface area contributed by atoms with Gasteiger partial charge in [-0.1, -0.05) is 19.1 Å². The third-order valence-electron chi connectivity index (χ3n) is 3.77. The Labute approximate surface area is 170 Å². The lowest BCUT2D eigenvalue weighted by molar-refractivity contribution is -0.121. The normalized spacial score (nSPS) is 12.2. The molecule has 0 aliphatic carbocycles. The Morgan fingerprint density at radius 1 is 1.07 bits per heavy atom. The molecule has 0 unspecified atom stereocenters. The molecule has 158 valence electrons. The van der Waals surface area contributed by atoms with Crippen molar-refractivity contribution in [2.75, 3.05) is 13.1 Å². The molecule has 0 aromatic heterocycles. The molecule has 0 aliphatic heterocycles. The minimum Gasteiger partial charge on any atom is -0.351 e. The number of carbonyl (C=O) groups excluding carboxylic acids is 1. The van der Waals surface area contributed by atoms with Crippen molar-refractivity contribution in [3.05, 3.63) is 59.9 Å². The van der Waals surface area contributed by atoms with E-state index in [4.69, 9.17) is 0 Å². The number of likely N-dealkylation sites (N-methyl/N-ethyl adjacent to an activating group) is 1. The number of sulfonamides is 1. The van der Waals surface area contributed by atoms with Crippen molar-refractivity contribution < 1.29 is 30.8 Å². The topological polar surface area (TPSA) is 66.5 Å². The highest BCUT2D eigenvalue weighted by Gasteiger charge is 2.30. The number of thioether (sulfide) groups is 1. The number of nitrogens with zero attached hydrogens (tertiary/aromatic N) is 1. The molecule has 0 aliphatic rings. The summed E-state index contributed by atoms with van der Waals surface area (Å²) in [4.78, 5) is 11.8. The predicted molar refractivity (Wildman–Crippen MR) is 101 cm³/mol. The lowest BCUT2D eigenvalue weighted by atomic mass is 10.2. The molecule has 11 heteroatoms. The van der Waals surface area contributed by atoms with Crippen LogP contribution in [0.15, 0.2) is 58.3 Å². The number of carbonyl (C=O) groups is 1. The number of hydrogen-bond donors (Lipinski definition) is 1. The molecule has 0 fully saturated rings. The first-order valence-electron chi connectivity index (χ1n) is 8.38. The highest BCUT2D eigenvalue weighted by molar-refractivity contribution is 8.00. The average molecular weight is 450 g/mol. The third-order valence-corrected chi connectivity index (χ3v) is 6.45. The Kier molecular flexibility index (Phi) is 7.66. The summed E-state index contributed by atoms with van der Waals surface area (Å²) in [5.74, 6) is -0.980. The molecule has 0 radical (unpaired) electrons. The maximum Gasteiger partial charge on any atom is 0.446 e. The minimum absolute atomic E-state index is 0.00858. The molecule has 0 saturated heterocycles. The van der Waals surface area contributed by atoms with Gasteiger partial charge in [0.05, 0.1) is 11.4 Å². The van der Waals surface area contributed by atoms with E-state index in [1.807, 2.05) is 0 Å². The second kappa shape index (κ2) is 9.59. The number of amides is 1. The summed E-state index contributed by atoms with van der Waals surface area (Å²) in [7, 11) is -4.06. The first-order valence-corrected chi connectivity index (χ1v) is 10.6. The van der Waals surface area contributed by atoms with Crippen molar-refractivity contribution in [3.63, 3.8) is 0 Å². The van der Waals surface area contributed by atoms with Crippen LogP contribution < -0.4 is 5.32 Å². The van der Waals surface area contributed by atoms with Crippen molar-refractivity contribution in [1.29, 1.82) is 0 Å². The number of halogens is 4. The van der Waals surface area contributed by atoms with Gasteiger partial charge in [0.25, 0.3) is 0 Å². The summed E-state index contributed by atoms with van der Waals surface area (Å²) in [5.41, 5.74) is -3.83. The Balaban J connectivity index is 2.03. The van der Waals surface area contributed by atoms with Gasteiger partial charge in [0, 0.05) is 18.0 Å². The van der Waals surface area contributed by atoms with Crippen molar-refractivity contribution in [3.8, 4) is 0 Å². The minimum atomic E-state index is -4.47. The molecule has 5 nitrogen and oxygen atoms in total. The van der Waals surface area contributed by atoms with Crippen LogP contribution in [-0.4, -0.2) is 37.2 Å². The summed E-state index contributed by atoms with van der Waals surface area (Å²) >= 11 is -0.346. The Hall–Kier alpha value is -2.11. The van der Waals surface area contributed by atoms with E-state index in [1.54, 1.807) is 6.92 Å². The fourth-order valence-electron chi connectivity index (χ4n) is 2.35. The lowest BCUT2D eigenvalue weighted by Crippen LogP contribution is -2.40. The maximum absolute atomic E-state index is 12.9. The summed E-state index contributed by atoms with van der Waals surface area (Å²) in [5, 5.41) is 2.55. The SMILES string of the molecule is CCN(CC(=O)NCc1ccc(F)cc1)S(=O)(=O)c1ccc(SC(F)(F)F)cc1. The van der Waals surface area contributed by atoms with Crippen LogP contribution in [0.1, 0.15) is 12.5 Å².